The molecule has 3 rings (SSSR count). The Labute approximate surface area is 130 Å². The standard InChI is InChI=1S/C16H13FINO/c17-13-5-8-15-12(10-13)2-1-9-19(15)16(20)11-3-6-14(18)7-4-11/h3-8,10H,1-2,9H2. The van der Waals surface area contributed by atoms with E-state index in [1.165, 1.54) is 12.1 Å². The average molecular weight is 381 g/mol. The molecule has 1 heterocycles. The van der Waals surface area contributed by atoms with Crippen LogP contribution in [0.25, 0.3) is 0 Å². The number of fused-ring (bicyclic) bond motifs is 1. The van der Waals surface area contributed by atoms with Crippen LogP contribution in [0.4, 0.5) is 10.1 Å². The lowest BCUT2D eigenvalue weighted by atomic mass is 10.0. The van der Waals surface area contributed by atoms with E-state index in [1.54, 1.807) is 11.0 Å². The minimum atomic E-state index is -0.243. The average Bonchev–Trinajstić information content (AvgIpc) is 2.46. The monoisotopic (exact) mass is 381 g/mol. The molecule has 0 spiro atoms. The summed E-state index contributed by atoms with van der Waals surface area (Å²) in [5, 5.41) is 0. The Balaban J connectivity index is 1.96. The lowest BCUT2D eigenvalue weighted by molar-refractivity contribution is 0.0985. The number of anilines is 1. The zero-order chi connectivity index (χ0) is 14.1. The molecule has 0 fully saturated rings. The van der Waals surface area contributed by atoms with Gasteiger partial charge in [0.15, 0.2) is 0 Å². The van der Waals surface area contributed by atoms with Crippen molar-refractivity contribution in [2.24, 2.45) is 0 Å². The van der Waals surface area contributed by atoms with E-state index in [9.17, 15) is 9.18 Å². The van der Waals surface area contributed by atoms with Crippen molar-refractivity contribution in [3.63, 3.8) is 0 Å². The Kier molecular flexibility index (Phi) is 3.74. The van der Waals surface area contributed by atoms with Crippen molar-refractivity contribution < 1.29 is 9.18 Å². The van der Waals surface area contributed by atoms with Gasteiger partial charge in [-0.25, -0.2) is 4.39 Å². The van der Waals surface area contributed by atoms with Crippen molar-refractivity contribution >= 4 is 34.2 Å². The summed E-state index contributed by atoms with van der Waals surface area (Å²) in [7, 11) is 0. The summed E-state index contributed by atoms with van der Waals surface area (Å²) < 4.78 is 14.4. The van der Waals surface area contributed by atoms with Crippen LogP contribution in [0.5, 0.6) is 0 Å². The van der Waals surface area contributed by atoms with Crippen molar-refractivity contribution in [2.45, 2.75) is 12.8 Å². The molecule has 0 aromatic heterocycles. The summed E-state index contributed by atoms with van der Waals surface area (Å²) in [6, 6.07) is 12.2. The van der Waals surface area contributed by atoms with Crippen molar-refractivity contribution in [1.82, 2.24) is 0 Å². The largest absolute Gasteiger partial charge is 0.308 e. The molecular weight excluding hydrogens is 368 g/mol. The minimum Gasteiger partial charge on any atom is -0.308 e. The Morgan fingerprint density at radius 3 is 2.65 bits per heavy atom. The number of benzene rings is 2. The van der Waals surface area contributed by atoms with Crippen molar-refractivity contribution in [2.75, 3.05) is 11.4 Å². The first kappa shape index (κ1) is 13.5. The zero-order valence-corrected chi connectivity index (χ0v) is 12.9. The Bertz CT molecular complexity index is 654. The van der Waals surface area contributed by atoms with E-state index in [4.69, 9.17) is 0 Å². The molecule has 0 saturated heterocycles. The van der Waals surface area contributed by atoms with Crippen LogP contribution in [0.1, 0.15) is 22.3 Å². The van der Waals surface area contributed by atoms with Gasteiger partial charge in [0.25, 0.3) is 5.91 Å². The number of aryl methyl sites for hydroxylation is 1. The molecule has 1 aliphatic heterocycles. The van der Waals surface area contributed by atoms with Crippen LogP contribution in [0, 0.1) is 9.39 Å². The van der Waals surface area contributed by atoms with Crippen LogP contribution in [-0.4, -0.2) is 12.5 Å². The highest BCUT2D eigenvalue weighted by atomic mass is 127. The molecule has 4 heteroatoms. The summed E-state index contributed by atoms with van der Waals surface area (Å²) in [5.74, 6) is -0.263. The molecule has 0 aliphatic carbocycles. The SMILES string of the molecule is O=C(c1ccc(I)cc1)N1CCCc2cc(F)ccc21. The predicted molar refractivity (Wildman–Crippen MR) is 85.6 cm³/mol. The molecule has 2 aromatic rings. The molecule has 2 nitrogen and oxygen atoms in total. The highest BCUT2D eigenvalue weighted by Crippen LogP contribution is 2.29. The van der Waals surface area contributed by atoms with Gasteiger partial charge in [0, 0.05) is 21.4 Å². The van der Waals surface area contributed by atoms with E-state index in [-0.39, 0.29) is 11.7 Å². The van der Waals surface area contributed by atoms with Crippen molar-refractivity contribution in [3.05, 3.63) is 63.0 Å². The Morgan fingerprint density at radius 1 is 1.15 bits per heavy atom. The molecule has 2 aromatic carbocycles. The van der Waals surface area contributed by atoms with Crippen LogP contribution in [0.15, 0.2) is 42.5 Å². The van der Waals surface area contributed by atoms with E-state index in [2.05, 4.69) is 22.6 Å². The van der Waals surface area contributed by atoms with Crippen molar-refractivity contribution in [1.29, 1.82) is 0 Å². The smallest absolute Gasteiger partial charge is 0.258 e. The van der Waals surface area contributed by atoms with Gasteiger partial charge in [-0.15, -0.1) is 0 Å². The quantitative estimate of drug-likeness (QED) is 0.684. The summed E-state index contributed by atoms with van der Waals surface area (Å²) in [6.45, 7) is 0.684. The first-order valence-electron chi connectivity index (χ1n) is 6.51. The van der Waals surface area contributed by atoms with E-state index in [0.29, 0.717) is 12.1 Å². The van der Waals surface area contributed by atoms with Gasteiger partial charge < -0.3 is 4.90 Å². The third-order valence-corrected chi connectivity index (χ3v) is 4.22. The number of amides is 1. The topological polar surface area (TPSA) is 20.3 Å². The van der Waals surface area contributed by atoms with E-state index >= 15 is 0 Å². The fourth-order valence-electron chi connectivity index (χ4n) is 2.52. The molecule has 0 atom stereocenters. The van der Waals surface area contributed by atoms with Gasteiger partial charge in [-0.2, -0.15) is 0 Å². The number of carbonyl (C=O) groups is 1. The van der Waals surface area contributed by atoms with Gasteiger partial charge in [0.2, 0.25) is 0 Å². The van der Waals surface area contributed by atoms with Gasteiger partial charge in [0.1, 0.15) is 5.82 Å². The fraction of sp³-hybridized carbons (Fsp3) is 0.188. The first-order valence-corrected chi connectivity index (χ1v) is 7.59. The molecule has 1 amide bonds. The van der Waals surface area contributed by atoms with E-state index in [0.717, 1.165) is 27.7 Å². The summed E-state index contributed by atoms with van der Waals surface area (Å²) in [4.78, 5) is 14.3. The highest BCUT2D eigenvalue weighted by molar-refractivity contribution is 14.1. The highest BCUT2D eigenvalue weighted by Gasteiger charge is 2.23. The van der Waals surface area contributed by atoms with Gasteiger partial charge in [-0.05, 0) is 83.5 Å². The normalized spacial score (nSPS) is 14.0. The number of halogens is 2. The van der Waals surface area contributed by atoms with Crippen molar-refractivity contribution in [3.8, 4) is 0 Å². The number of hydrogen-bond acceptors (Lipinski definition) is 1. The van der Waals surface area contributed by atoms with Crippen LogP contribution < -0.4 is 4.90 Å². The molecule has 0 saturated carbocycles. The van der Waals surface area contributed by atoms with Crippen LogP contribution in [0.2, 0.25) is 0 Å². The summed E-state index contributed by atoms with van der Waals surface area (Å²) in [6.07, 6.45) is 1.69. The summed E-state index contributed by atoms with van der Waals surface area (Å²) >= 11 is 2.21. The van der Waals surface area contributed by atoms with Crippen LogP contribution in [0.3, 0.4) is 0 Å². The first-order chi connectivity index (χ1) is 9.65. The van der Waals surface area contributed by atoms with E-state index in [1.807, 2.05) is 24.3 Å². The second kappa shape index (κ2) is 5.52. The minimum absolute atomic E-state index is 0.0195. The van der Waals surface area contributed by atoms with Gasteiger partial charge in [0.05, 0.1) is 0 Å². The van der Waals surface area contributed by atoms with Gasteiger partial charge in [-0.1, -0.05) is 0 Å². The second-order valence-electron chi connectivity index (χ2n) is 4.84. The van der Waals surface area contributed by atoms with Gasteiger partial charge in [-0.3, -0.25) is 4.79 Å². The Morgan fingerprint density at radius 2 is 1.90 bits per heavy atom. The molecule has 0 N–H and O–H groups in total. The van der Waals surface area contributed by atoms with Gasteiger partial charge >= 0.3 is 0 Å². The third kappa shape index (κ3) is 2.57. The van der Waals surface area contributed by atoms with Crippen LogP contribution >= 0.6 is 22.6 Å². The third-order valence-electron chi connectivity index (χ3n) is 3.50. The maximum Gasteiger partial charge on any atom is 0.258 e. The fourth-order valence-corrected chi connectivity index (χ4v) is 2.88. The molecule has 20 heavy (non-hydrogen) atoms. The number of carbonyl (C=O) groups excluding carboxylic acids is 1. The zero-order valence-electron chi connectivity index (χ0n) is 10.8. The Hall–Kier alpha value is -1.43. The second-order valence-corrected chi connectivity index (χ2v) is 6.09. The predicted octanol–water partition coefficient (Wildman–Crippen LogP) is 4.02. The lowest BCUT2D eigenvalue weighted by Crippen LogP contribution is -2.35. The summed E-state index contributed by atoms with van der Waals surface area (Å²) in [5.41, 5.74) is 2.42. The number of hydrogen-bond donors (Lipinski definition) is 0. The molecule has 1 aliphatic rings. The number of nitrogens with zero attached hydrogens (tertiary/aromatic N) is 1. The molecular formula is C16H13FINO. The maximum atomic E-state index is 13.3. The maximum absolute atomic E-state index is 13.3. The molecule has 0 unspecified atom stereocenters. The molecule has 0 radical (unpaired) electrons. The van der Waals surface area contributed by atoms with E-state index < -0.39 is 0 Å². The lowest BCUT2D eigenvalue weighted by Gasteiger charge is -2.29. The molecule has 102 valence electrons. The number of rotatable bonds is 1. The van der Waals surface area contributed by atoms with Crippen LogP contribution in [-0.2, 0) is 6.42 Å². The molecule has 0 bridgehead atoms.